The summed E-state index contributed by atoms with van der Waals surface area (Å²) >= 11 is 0. The number of hydrogen-bond donors (Lipinski definition) is 0. The van der Waals surface area contributed by atoms with E-state index in [0.717, 1.165) is 17.1 Å². The van der Waals surface area contributed by atoms with Crippen molar-refractivity contribution >= 4 is 60.2 Å². The van der Waals surface area contributed by atoms with Crippen LogP contribution in [0.2, 0.25) is 0 Å². The second-order valence-corrected chi connectivity index (χ2v) is 13.7. The quantitative estimate of drug-likeness (QED) is 0.159. The molecule has 0 atom stereocenters. The van der Waals surface area contributed by atoms with E-state index in [2.05, 4.69) is 217 Å². The Bertz CT molecular complexity index is 2920. The summed E-state index contributed by atoms with van der Waals surface area (Å²) in [5.74, 6) is 0. The van der Waals surface area contributed by atoms with Crippen LogP contribution in [0, 0.1) is 0 Å². The Balaban J connectivity index is 1.11. The summed E-state index contributed by atoms with van der Waals surface area (Å²) in [6, 6.07) is 77.2. The molecule has 10 rings (SSSR count). The minimum absolute atomic E-state index is 1.11. The number of nitrogens with zero attached hydrogens (tertiary/aromatic N) is 1. The second kappa shape index (κ2) is 13.0. The van der Waals surface area contributed by atoms with Crippen LogP contribution in [0.1, 0.15) is 0 Å². The molecule has 0 N–H and O–H groups in total. The maximum atomic E-state index is 2.42. The van der Waals surface area contributed by atoms with Crippen molar-refractivity contribution in [3.63, 3.8) is 0 Å². The molecule has 0 radical (unpaired) electrons. The molecule has 1 nitrogen and oxygen atoms in total. The van der Waals surface area contributed by atoms with Crippen molar-refractivity contribution < 1.29 is 0 Å². The topological polar surface area (TPSA) is 3.24 Å². The van der Waals surface area contributed by atoms with Gasteiger partial charge in [0.05, 0.1) is 5.69 Å². The zero-order valence-corrected chi connectivity index (χ0v) is 29.2. The SMILES string of the molecule is c1ccc(-c2ccccc2-c2ccc(N(c3ccc(-c4ccc5ccc6ccccc6c5c4)cc3)c3cc4ccccc4c4ccccc34)cc2)cc1. The summed E-state index contributed by atoms with van der Waals surface area (Å²) in [7, 11) is 0. The first kappa shape index (κ1) is 30.8. The third-order valence-corrected chi connectivity index (χ3v) is 10.6. The van der Waals surface area contributed by atoms with Gasteiger partial charge in [0.1, 0.15) is 0 Å². The molecule has 0 fully saturated rings. The van der Waals surface area contributed by atoms with E-state index in [1.165, 1.54) is 76.5 Å². The van der Waals surface area contributed by atoms with Gasteiger partial charge in [0.25, 0.3) is 0 Å². The first-order chi connectivity index (χ1) is 26.3. The van der Waals surface area contributed by atoms with E-state index >= 15 is 0 Å². The molecule has 248 valence electrons. The molecular weight excluding hydrogens is 639 g/mol. The number of anilines is 3. The molecule has 0 aliphatic heterocycles. The average molecular weight is 674 g/mol. The summed E-state index contributed by atoms with van der Waals surface area (Å²) in [6.07, 6.45) is 0. The maximum absolute atomic E-state index is 2.42. The molecule has 0 bridgehead atoms. The van der Waals surface area contributed by atoms with Crippen LogP contribution in [0.5, 0.6) is 0 Å². The molecule has 0 heterocycles. The van der Waals surface area contributed by atoms with Gasteiger partial charge in [-0.3, -0.25) is 0 Å². The molecule has 10 aromatic carbocycles. The van der Waals surface area contributed by atoms with Crippen molar-refractivity contribution in [3.05, 3.63) is 212 Å². The van der Waals surface area contributed by atoms with Crippen LogP contribution in [-0.4, -0.2) is 0 Å². The van der Waals surface area contributed by atoms with E-state index in [-0.39, 0.29) is 0 Å². The zero-order chi connectivity index (χ0) is 35.1. The average Bonchev–Trinajstić information content (AvgIpc) is 3.24. The Morgan fingerprint density at radius 2 is 0.698 bits per heavy atom. The van der Waals surface area contributed by atoms with Gasteiger partial charge in [0, 0.05) is 16.8 Å². The molecular formula is C52H35N. The highest BCUT2D eigenvalue weighted by Gasteiger charge is 2.18. The predicted molar refractivity (Wildman–Crippen MR) is 227 cm³/mol. The Hall–Kier alpha value is -6.96. The van der Waals surface area contributed by atoms with Crippen LogP contribution in [0.3, 0.4) is 0 Å². The van der Waals surface area contributed by atoms with Crippen LogP contribution < -0.4 is 4.90 Å². The number of rotatable bonds is 6. The molecule has 0 unspecified atom stereocenters. The lowest BCUT2D eigenvalue weighted by Crippen LogP contribution is -2.10. The summed E-state index contributed by atoms with van der Waals surface area (Å²) in [5.41, 5.74) is 10.6. The van der Waals surface area contributed by atoms with Gasteiger partial charge in [-0.25, -0.2) is 0 Å². The van der Waals surface area contributed by atoms with Crippen LogP contribution in [0.25, 0.3) is 76.5 Å². The third kappa shape index (κ3) is 5.51. The largest absolute Gasteiger partial charge is 0.310 e. The summed E-state index contributed by atoms with van der Waals surface area (Å²) in [4.78, 5) is 2.42. The van der Waals surface area contributed by atoms with Gasteiger partial charge in [-0.1, -0.05) is 176 Å². The summed E-state index contributed by atoms with van der Waals surface area (Å²) < 4.78 is 0. The molecule has 53 heavy (non-hydrogen) atoms. The molecule has 0 amide bonds. The molecule has 0 saturated carbocycles. The highest BCUT2D eigenvalue weighted by Crippen LogP contribution is 2.43. The highest BCUT2D eigenvalue weighted by molar-refractivity contribution is 6.14. The highest BCUT2D eigenvalue weighted by atomic mass is 15.1. The zero-order valence-electron chi connectivity index (χ0n) is 29.2. The first-order valence-corrected chi connectivity index (χ1v) is 18.3. The molecule has 0 saturated heterocycles. The third-order valence-electron chi connectivity index (χ3n) is 10.6. The lowest BCUT2D eigenvalue weighted by atomic mass is 9.94. The minimum Gasteiger partial charge on any atom is -0.310 e. The molecule has 0 aliphatic rings. The van der Waals surface area contributed by atoms with Crippen molar-refractivity contribution in [2.24, 2.45) is 0 Å². The van der Waals surface area contributed by atoms with Crippen LogP contribution in [0.4, 0.5) is 17.1 Å². The van der Waals surface area contributed by atoms with Crippen LogP contribution >= 0.6 is 0 Å². The van der Waals surface area contributed by atoms with E-state index < -0.39 is 0 Å². The lowest BCUT2D eigenvalue weighted by molar-refractivity contribution is 1.30. The van der Waals surface area contributed by atoms with Crippen molar-refractivity contribution in [2.45, 2.75) is 0 Å². The van der Waals surface area contributed by atoms with Crippen molar-refractivity contribution in [2.75, 3.05) is 4.90 Å². The second-order valence-electron chi connectivity index (χ2n) is 13.7. The molecule has 0 aromatic heterocycles. The van der Waals surface area contributed by atoms with E-state index in [0.29, 0.717) is 0 Å². The van der Waals surface area contributed by atoms with Gasteiger partial charge in [-0.05, 0) is 107 Å². The Labute approximate surface area is 309 Å². The maximum Gasteiger partial charge on any atom is 0.0546 e. The number of fused-ring (bicyclic) bond motifs is 6. The monoisotopic (exact) mass is 673 g/mol. The number of hydrogen-bond acceptors (Lipinski definition) is 1. The van der Waals surface area contributed by atoms with Crippen molar-refractivity contribution in [3.8, 4) is 33.4 Å². The van der Waals surface area contributed by atoms with E-state index in [9.17, 15) is 0 Å². The minimum atomic E-state index is 1.11. The normalized spacial score (nSPS) is 11.4. The molecule has 0 spiro atoms. The Morgan fingerprint density at radius 1 is 0.245 bits per heavy atom. The molecule has 1 heteroatoms. The summed E-state index contributed by atoms with van der Waals surface area (Å²) in [5, 5.41) is 10.0. The number of benzene rings is 10. The van der Waals surface area contributed by atoms with Gasteiger partial charge in [-0.15, -0.1) is 0 Å². The fourth-order valence-corrected chi connectivity index (χ4v) is 8.03. The Morgan fingerprint density at radius 3 is 1.38 bits per heavy atom. The predicted octanol–water partition coefficient (Wildman–Crippen LogP) is 14.8. The van der Waals surface area contributed by atoms with Crippen LogP contribution in [-0.2, 0) is 0 Å². The lowest BCUT2D eigenvalue weighted by Gasteiger charge is -2.28. The smallest absolute Gasteiger partial charge is 0.0546 e. The van der Waals surface area contributed by atoms with Gasteiger partial charge < -0.3 is 4.90 Å². The van der Waals surface area contributed by atoms with E-state index in [1.807, 2.05) is 0 Å². The molecule has 0 aliphatic carbocycles. The summed E-state index contributed by atoms with van der Waals surface area (Å²) in [6.45, 7) is 0. The first-order valence-electron chi connectivity index (χ1n) is 18.3. The molecule has 10 aromatic rings. The fourth-order valence-electron chi connectivity index (χ4n) is 8.03. The standard InChI is InChI=1S/C52H35N/c1-2-12-37(13-3-1)45-16-8-9-17-46(45)39-28-32-44(33-29-39)53(52-35-42-15-5-7-19-48(42)49-20-10-11-21-50(49)52)43-30-26-36(27-31-43)41-25-24-40-23-22-38-14-4-6-18-47(38)51(40)34-41/h1-35H. The van der Waals surface area contributed by atoms with Crippen molar-refractivity contribution in [1.29, 1.82) is 0 Å². The van der Waals surface area contributed by atoms with Crippen LogP contribution in [0.15, 0.2) is 212 Å². The van der Waals surface area contributed by atoms with Gasteiger partial charge in [-0.2, -0.15) is 0 Å². The van der Waals surface area contributed by atoms with Gasteiger partial charge >= 0.3 is 0 Å². The van der Waals surface area contributed by atoms with E-state index in [1.54, 1.807) is 0 Å². The fraction of sp³-hybridized carbons (Fsp3) is 0. The van der Waals surface area contributed by atoms with Gasteiger partial charge in [0.2, 0.25) is 0 Å². The Kier molecular flexibility index (Phi) is 7.55. The van der Waals surface area contributed by atoms with E-state index in [4.69, 9.17) is 0 Å². The van der Waals surface area contributed by atoms with Crippen molar-refractivity contribution in [1.82, 2.24) is 0 Å². The van der Waals surface area contributed by atoms with Gasteiger partial charge in [0.15, 0.2) is 0 Å².